The number of carbonyl (C=O) groups is 2. The van der Waals surface area contributed by atoms with Crippen LogP contribution in [-0.4, -0.2) is 24.2 Å². The summed E-state index contributed by atoms with van der Waals surface area (Å²) in [6.45, 7) is 1.71. The summed E-state index contributed by atoms with van der Waals surface area (Å²) in [6, 6.07) is 1.74. The van der Waals surface area contributed by atoms with Crippen LogP contribution in [0.3, 0.4) is 0 Å². The molecule has 0 aliphatic rings. The van der Waals surface area contributed by atoms with E-state index in [1.165, 1.54) is 24.5 Å². The lowest BCUT2D eigenvalue weighted by Crippen LogP contribution is -2.04. The molecular weight excluding hydrogens is 242 g/mol. The molecule has 1 aromatic heterocycles. The van der Waals surface area contributed by atoms with E-state index in [0.717, 1.165) is 5.00 Å². The number of thiophene rings is 1. The van der Waals surface area contributed by atoms with Crippen LogP contribution >= 0.6 is 11.3 Å². The smallest absolute Gasteiger partial charge is 0.332 e. The second-order valence-corrected chi connectivity index (χ2v) is 4.24. The first-order valence-electron chi connectivity index (χ1n) is 4.84. The van der Waals surface area contributed by atoms with Gasteiger partial charge in [-0.15, -0.1) is 11.3 Å². The van der Waals surface area contributed by atoms with Crippen LogP contribution in [0.25, 0.3) is 0 Å². The van der Waals surface area contributed by atoms with Gasteiger partial charge in [0.25, 0.3) is 0 Å². The monoisotopic (exact) mass is 255 g/mol. The van der Waals surface area contributed by atoms with Crippen molar-refractivity contribution in [3.63, 3.8) is 0 Å². The predicted molar refractivity (Wildman–Crippen MR) is 65.1 cm³/mol. The second-order valence-electron chi connectivity index (χ2n) is 3.32. The van der Waals surface area contributed by atoms with Crippen LogP contribution in [0.5, 0.6) is 0 Å². The van der Waals surface area contributed by atoms with Gasteiger partial charge < -0.3 is 15.2 Å². The van der Waals surface area contributed by atoms with E-state index in [9.17, 15) is 9.59 Å². The molecule has 0 fully saturated rings. The van der Waals surface area contributed by atoms with E-state index in [2.05, 4.69) is 10.1 Å². The third kappa shape index (κ3) is 4.28. The van der Waals surface area contributed by atoms with Crippen LogP contribution < -0.4 is 5.32 Å². The van der Waals surface area contributed by atoms with Crippen molar-refractivity contribution in [2.24, 2.45) is 0 Å². The highest BCUT2D eigenvalue weighted by Gasteiger charge is 2.08. The lowest BCUT2D eigenvalue weighted by Gasteiger charge is -2.05. The van der Waals surface area contributed by atoms with Gasteiger partial charge in [-0.05, 0) is 23.9 Å². The number of ether oxygens (including phenoxy) is 1. The van der Waals surface area contributed by atoms with Crippen LogP contribution in [0, 0.1) is 0 Å². The SMILES string of the molecule is COC(=O)C=C(C)Nc1sccc1CC(=O)O. The topological polar surface area (TPSA) is 75.6 Å². The van der Waals surface area contributed by atoms with E-state index in [1.807, 2.05) is 0 Å². The van der Waals surface area contributed by atoms with Crippen LogP contribution in [0.2, 0.25) is 0 Å². The highest BCUT2D eigenvalue weighted by atomic mass is 32.1. The van der Waals surface area contributed by atoms with Crippen molar-refractivity contribution in [2.75, 3.05) is 12.4 Å². The first-order chi connectivity index (χ1) is 8.02. The van der Waals surface area contributed by atoms with Gasteiger partial charge in [-0.1, -0.05) is 0 Å². The Kier molecular flexibility index (Phi) is 4.71. The summed E-state index contributed by atoms with van der Waals surface area (Å²) in [6.07, 6.45) is 1.27. The maximum absolute atomic E-state index is 11.0. The average Bonchev–Trinajstić information content (AvgIpc) is 2.64. The van der Waals surface area contributed by atoms with Crippen molar-refractivity contribution < 1.29 is 19.4 Å². The molecule has 5 nitrogen and oxygen atoms in total. The van der Waals surface area contributed by atoms with Crippen molar-refractivity contribution in [1.29, 1.82) is 0 Å². The molecule has 0 amide bonds. The number of anilines is 1. The van der Waals surface area contributed by atoms with E-state index < -0.39 is 11.9 Å². The zero-order valence-electron chi connectivity index (χ0n) is 9.52. The van der Waals surface area contributed by atoms with Gasteiger partial charge >= 0.3 is 11.9 Å². The van der Waals surface area contributed by atoms with Crippen molar-refractivity contribution in [3.8, 4) is 0 Å². The molecule has 92 valence electrons. The number of rotatable bonds is 5. The maximum Gasteiger partial charge on any atom is 0.332 e. The molecule has 0 radical (unpaired) electrons. The minimum atomic E-state index is -0.888. The van der Waals surface area contributed by atoms with Gasteiger partial charge in [-0.25, -0.2) is 4.79 Å². The number of aliphatic carboxylic acids is 1. The van der Waals surface area contributed by atoms with Crippen molar-refractivity contribution >= 4 is 28.3 Å². The van der Waals surface area contributed by atoms with Crippen LogP contribution in [-0.2, 0) is 20.7 Å². The minimum absolute atomic E-state index is 0.0443. The van der Waals surface area contributed by atoms with Crippen LogP contribution in [0.1, 0.15) is 12.5 Å². The summed E-state index contributed by atoms with van der Waals surface area (Å²) in [7, 11) is 1.30. The highest BCUT2D eigenvalue weighted by molar-refractivity contribution is 7.14. The minimum Gasteiger partial charge on any atom is -0.481 e. The fourth-order valence-electron chi connectivity index (χ4n) is 1.20. The lowest BCUT2D eigenvalue weighted by atomic mass is 10.2. The number of methoxy groups -OCH3 is 1. The molecule has 17 heavy (non-hydrogen) atoms. The number of nitrogens with one attached hydrogen (secondary N) is 1. The Hall–Kier alpha value is -1.82. The number of esters is 1. The molecule has 1 aromatic rings. The van der Waals surface area contributed by atoms with Gasteiger partial charge in [0.05, 0.1) is 18.5 Å². The summed E-state index contributed by atoms with van der Waals surface area (Å²) < 4.78 is 4.49. The van der Waals surface area contributed by atoms with Gasteiger partial charge in [-0.3, -0.25) is 4.79 Å². The van der Waals surface area contributed by atoms with Crippen molar-refractivity contribution in [2.45, 2.75) is 13.3 Å². The Morgan fingerprint density at radius 1 is 1.59 bits per heavy atom. The third-order valence-corrected chi connectivity index (χ3v) is 2.81. The average molecular weight is 255 g/mol. The summed E-state index contributed by atoms with van der Waals surface area (Å²) in [5.74, 6) is -1.34. The molecule has 0 saturated heterocycles. The Morgan fingerprint density at radius 2 is 2.29 bits per heavy atom. The molecule has 0 saturated carbocycles. The molecule has 2 N–H and O–H groups in total. The van der Waals surface area contributed by atoms with E-state index in [0.29, 0.717) is 11.3 Å². The van der Waals surface area contributed by atoms with E-state index >= 15 is 0 Å². The fourth-order valence-corrected chi connectivity index (χ4v) is 2.08. The first-order valence-corrected chi connectivity index (χ1v) is 5.72. The number of carbonyl (C=O) groups excluding carboxylic acids is 1. The Morgan fingerprint density at radius 3 is 2.88 bits per heavy atom. The predicted octanol–water partition coefficient (Wildman–Crippen LogP) is 1.86. The second kappa shape index (κ2) is 6.05. The molecule has 1 heterocycles. The molecule has 1 rings (SSSR count). The molecule has 0 spiro atoms. The number of hydrogen-bond acceptors (Lipinski definition) is 5. The van der Waals surface area contributed by atoms with Gasteiger partial charge in [0.15, 0.2) is 0 Å². The number of allylic oxidation sites excluding steroid dienone is 1. The number of carboxylic acid groups (broad SMARTS) is 1. The molecule has 0 atom stereocenters. The molecule has 6 heteroatoms. The van der Waals surface area contributed by atoms with Gasteiger partial charge in [0, 0.05) is 11.8 Å². The zero-order valence-corrected chi connectivity index (χ0v) is 10.3. The quantitative estimate of drug-likeness (QED) is 0.620. The lowest BCUT2D eigenvalue weighted by molar-refractivity contribution is -0.136. The van der Waals surface area contributed by atoms with Gasteiger partial charge in [0.2, 0.25) is 0 Å². The van der Waals surface area contributed by atoms with E-state index in [4.69, 9.17) is 5.11 Å². The Balaban J connectivity index is 2.74. The molecule has 0 aliphatic heterocycles. The normalized spacial score (nSPS) is 11.1. The van der Waals surface area contributed by atoms with Crippen molar-refractivity contribution in [1.82, 2.24) is 0 Å². The molecule has 0 bridgehead atoms. The van der Waals surface area contributed by atoms with Gasteiger partial charge in [0.1, 0.15) is 0 Å². The standard InChI is InChI=1S/C11H13NO4S/c1-7(5-10(15)16-2)12-11-8(3-4-17-11)6-9(13)14/h3-5,12H,6H2,1-2H3,(H,13,14). The highest BCUT2D eigenvalue weighted by Crippen LogP contribution is 2.25. The molecular formula is C11H13NO4S. The van der Waals surface area contributed by atoms with E-state index in [-0.39, 0.29) is 6.42 Å². The largest absolute Gasteiger partial charge is 0.481 e. The molecule has 0 aliphatic carbocycles. The third-order valence-electron chi connectivity index (χ3n) is 1.93. The molecule has 0 aromatic carbocycles. The number of hydrogen-bond donors (Lipinski definition) is 2. The summed E-state index contributed by atoms with van der Waals surface area (Å²) in [5.41, 5.74) is 1.30. The van der Waals surface area contributed by atoms with Crippen molar-refractivity contribution in [3.05, 3.63) is 28.8 Å². The van der Waals surface area contributed by atoms with E-state index in [1.54, 1.807) is 18.4 Å². The first kappa shape index (κ1) is 13.2. The Labute approximate surface area is 103 Å². The Bertz CT molecular complexity index is 450. The van der Waals surface area contributed by atoms with Crippen LogP contribution in [0.15, 0.2) is 23.2 Å². The number of carboxylic acids is 1. The zero-order chi connectivity index (χ0) is 12.8. The van der Waals surface area contributed by atoms with Crippen LogP contribution in [0.4, 0.5) is 5.00 Å². The fraction of sp³-hybridized carbons (Fsp3) is 0.273. The maximum atomic E-state index is 11.0. The summed E-state index contributed by atoms with van der Waals surface area (Å²) in [5, 5.41) is 14.2. The van der Waals surface area contributed by atoms with Gasteiger partial charge in [-0.2, -0.15) is 0 Å². The summed E-state index contributed by atoms with van der Waals surface area (Å²) in [4.78, 5) is 21.6. The summed E-state index contributed by atoms with van der Waals surface area (Å²) >= 11 is 1.39. The molecule has 0 unspecified atom stereocenters.